The maximum absolute atomic E-state index is 14.3. The number of halogens is 1. The van der Waals surface area contributed by atoms with Crippen LogP contribution in [-0.4, -0.2) is 28.3 Å². The Morgan fingerprint density at radius 1 is 1.18 bits per heavy atom. The summed E-state index contributed by atoms with van der Waals surface area (Å²) in [6.07, 6.45) is 5.75. The minimum absolute atomic E-state index is 0.262. The van der Waals surface area contributed by atoms with Crippen LogP contribution in [0, 0.1) is 25.2 Å². The number of aryl methyl sites for hydroxylation is 2. The van der Waals surface area contributed by atoms with Crippen LogP contribution in [-0.2, 0) is 22.4 Å². The van der Waals surface area contributed by atoms with Crippen molar-refractivity contribution in [3.05, 3.63) is 98.2 Å². The monoisotopic (exact) mass is 704 g/mol. The van der Waals surface area contributed by atoms with E-state index in [1.807, 2.05) is 38.1 Å². The molecule has 11 heteroatoms. The Labute approximate surface area is 277 Å². The molecule has 8 nitrogen and oxygen atoms in total. The second-order valence-corrected chi connectivity index (χ2v) is 14.6. The van der Waals surface area contributed by atoms with Crippen LogP contribution in [0.1, 0.15) is 78.2 Å². The predicted molar refractivity (Wildman–Crippen MR) is 180 cm³/mol. The number of carbonyl (C=O) groups is 1. The van der Waals surface area contributed by atoms with E-state index in [-0.39, 0.29) is 11.7 Å². The molecule has 0 amide bonds. The number of methoxy groups -OCH3 is 1. The summed E-state index contributed by atoms with van der Waals surface area (Å²) in [6, 6.07) is 9.26. The molecule has 45 heavy (non-hydrogen) atoms. The third-order valence-electron chi connectivity index (χ3n) is 8.30. The number of esters is 1. The van der Waals surface area contributed by atoms with Crippen molar-refractivity contribution in [2.75, 3.05) is 7.11 Å². The van der Waals surface area contributed by atoms with Crippen molar-refractivity contribution in [2.45, 2.75) is 72.4 Å². The Kier molecular flexibility index (Phi) is 8.50. The van der Waals surface area contributed by atoms with Gasteiger partial charge >= 0.3 is 5.97 Å². The second-order valence-electron chi connectivity index (χ2n) is 11.6. The van der Waals surface area contributed by atoms with Crippen LogP contribution < -0.4 is 19.6 Å². The van der Waals surface area contributed by atoms with Crippen LogP contribution >= 0.6 is 38.6 Å². The molecular formula is C34H33BrN4O4S2. The fourth-order valence-corrected chi connectivity index (χ4v) is 9.15. The Morgan fingerprint density at radius 2 is 1.93 bits per heavy atom. The van der Waals surface area contributed by atoms with Gasteiger partial charge in [-0.25, -0.2) is 9.79 Å². The van der Waals surface area contributed by atoms with E-state index in [4.69, 9.17) is 14.5 Å². The first kappa shape index (κ1) is 31.3. The van der Waals surface area contributed by atoms with E-state index < -0.39 is 12.0 Å². The normalized spacial score (nSPS) is 16.3. The lowest BCUT2D eigenvalue weighted by Crippen LogP contribution is -2.40. The lowest BCUT2D eigenvalue weighted by molar-refractivity contribution is -0.143. The summed E-state index contributed by atoms with van der Waals surface area (Å²) in [4.78, 5) is 34.3. The fraction of sp³-hybridized carbons (Fsp3) is 0.353. The highest BCUT2D eigenvalue weighted by Gasteiger charge is 2.36. The SMILES string of the molecule is COc1ccc(Br)cc1[C@H]1C(C(=O)OC(C)C)=C(C)N=c2s/c(=C\c3cc(C)n(-c4sc5c(c4C#N)CCCC5)c3C)c(=O)n21. The summed E-state index contributed by atoms with van der Waals surface area (Å²) in [5.74, 6) is 0.0147. The number of hydrogen-bond donors (Lipinski definition) is 0. The molecule has 1 aromatic carbocycles. The maximum atomic E-state index is 14.3. The van der Waals surface area contributed by atoms with Gasteiger partial charge in [0.2, 0.25) is 0 Å². The van der Waals surface area contributed by atoms with Crippen LogP contribution in [0.2, 0.25) is 0 Å². The molecule has 3 aromatic heterocycles. The van der Waals surface area contributed by atoms with Gasteiger partial charge < -0.3 is 14.0 Å². The van der Waals surface area contributed by atoms with E-state index in [0.29, 0.717) is 31.9 Å². The van der Waals surface area contributed by atoms with Gasteiger partial charge in [-0.15, -0.1) is 11.3 Å². The van der Waals surface area contributed by atoms with E-state index in [0.717, 1.165) is 57.7 Å². The predicted octanol–water partition coefficient (Wildman–Crippen LogP) is 6.18. The molecule has 0 N–H and O–H groups in total. The van der Waals surface area contributed by atoms with Gasteiger partial charge in [-0.3, -0.25) is 9.36 Å². The molecule has 0 fully saturated rings. The molecular weight excluding hydrogens is 672 g/mol. The molecule has 1 aliphatic carbocycles. The molecule has 0 bridgehead atoms. The smallest absolute Gasteiger partial charge is 0.338 e. The quantitative estimate of drug-likeness (QED) is 0.224. The number of hydrogen-bond acceptors (Lipinski definition) is 8. The molecule has 2 aliphatic rings. The number of allylic oxidation sites excluding steroid dienone is 1. The van der Waals surface area contributed by atoms with Crippen molar-refractivity contribution < 1.29 is 14.3 Å². The van der Waals surface area contributed by atoms with Gasteiger partial charge in [-0.05, 0) is 102 Å². The third kappa shape index (κ3) is 5.43. The molecule has 0 saturated carbocycles. The standard InChI is InChI=1S/C34H33BrN4O4S2/c1-17(2)43-33(41)29-19(4)37-34-39(30(29)24-15-22(35)11-12-26(24)42-6)31(40)28(45-34)14-21-13-18(3)38(20(21)5)32-25(16-36)23-9-7-8-10-27(23)44-32/h11-15,17,30H,7-10H2,1-6H3/b28-14-/t30-/m0/s1. The number of aromatic nitrogens is 2. The summed E-state index contributed by atoms with van der Waals surface area (Å²) in [5, 5.41) is 11.1. The second kappa shape index (κ2) is 12.2. The van der Waals surface area contributed by atoms with Gasteiger partial charge in [0.15, 0.2) is 4.80 Å². The van der Waals surface area contributed by atoms with E-state index in [9.17, 15) is 14.9 Å². The number of thiazole rings is 1. The lowest BCUT2D eigenvalue weighted by atomic mass is 9.95. The molecule has 232 valence electrons. The van der Waals surface area contributed by atoms with Crippen LogP contribution in [0.3, 0.4) is 0 Å². The summed E-state index contributed by atoms with van der Waals surface area (Å²) < 4.78 is 16.3. The Hall–Kier alpha value is -3.72. The minimum Gasteiger partial charge on any atom is -0.496 e. The van der Waals surface area contributed by atoms with Gasteiger partial charge in [0.05, 0.1) is 34.6 Å². The number of rotatable bonds is 6. The Bertz CT molecular complexity index is 2120. The Balaban J connectivity index is 1.54. The third-order valence-corrected chi connectivity index (χ3v) is 11.0. The van der Waals surface area contributed by atoms with Gasteiger partial charge in [-0.2, -0.15) is 5.26 Å². The van der Waals surface area contributed by atoms with Gasteiger partial charge in [0, 0.05) is 26.3 Å². The minimum atomic E-state index is -0.801. The van der Waals surface area contributed by atoms with Crippen molar-refractivity contribution in [1.29, 1.82) is 5.26 Å². The molecule has 6 rings (SSSR count). The number of nitrogens with zero attached hydrogens (tertiary/aromatic N) is 4. The number of carbonyl (C=O) groups excluding carboxylic acids is 1. The zero-order valence-corrected chi connectivity index (χ0v) is 29.2. The van der Waals surface area contributed by atoms with Crippen molar-refractivity contribution in [2.24, 2.45) is 4.99 Å². The molecule has 0 saturated heterocycles. The van der Waals surface area contributed by atoms with Crippen molar-refractivity contribution in [3.8, 4) is 16.8 Å². The molecule has 1 aliphatic heterocycles. The highest BCUT2D eigenvalue weighted by atomic mass is 79.9. The molecule has 0 spiro atoms. The Morgan fingerprint density at radius 3 is 2.64 bits per heavy atom. The van der Waals surface area contributed by atoms with E-state index in [1.165, 1.54) is 21.8 Å². The first-order chi connectivity index (χ1) is 21.5. The lowest BCUT2D eigenvalue weighted by Gasteiger charge is -2.26. The number of thiophene rings is 1. The molecule has 1 atom stereocenters. The summed E-state index contributed by atoms with van der Waals surface area (Å²) in [5.41, 5.74) is 5.96. The van der Waals surface area contributed by atoms with Crippen LogP contribution in [0.5, 0.6) is 5.75 Å². The topological polar surface area (TPSA) is 98.6 Å². The average Bonchev–Trinajstić information content (AvgIpc) is 3.61. The summed E-state index contributed by atoms with van der Waals surface area (Å²) in [7, 11) is 1.57. The van der Waals surface area contributed by atoms with E-state index in [2.05, 4.69) is 32.6 Å². The van der Waals surface area contributed by atoms with Gasteiger partial charge in [0.25, 0.3) is 5.56 Å². The van der Waals surface area contributed by atoms with Crippen LogP contribution in [0.4, 0.5) is 0 Å². The van der Waals surface area contributed by atoms with Crippen molar-refractivity contribution in [3.63, 3.8) is 0 Å². The van der Waals surface area contributed by atoms with Crippen molar-refractivity contribution >= 4 is 50.6 Å². The number of benzene rings is 1. The highest BCUT2D eigenvalue weighted by molar-refractivity contribution is 9.10. The van der Waals surface area contributed by atoms with Crippen molar-refractivity contribution in [1.82, 2.24) is 9.13 Å². The van der Waals surface area contributed by atoms with Gasteiger partial charge in [-0.1, -0.05) is 27.3 Å². The van der Waals surface area contributed by atoms with Gasteiger partial charge in [0.1, 0.15) is 22.9 Å². The fourth-order valence-electron chi connectivity index (χ4n) is 6.29. The zero-order chi connectivity index (χ0) is 32.2. The maximum Gasteiger partial charge on any atom is 0.338 e. The van der Waals surface area contributed by atoms with E-state index >= 15 is 0 Å². The number of ether oxygens (including phenoxy) is 2. The number of fused-ring (bicyclic) bond motifs is 2. The molecule has 4 heterocycles. The average molecular weight is 706 g/mol. The zero-order valence-electron chi connectivity index (χ0n) is 26.0. The van der Waals surface area contributed by atoms with E-state index in [1.54, 1.807) is 43.8 Å². The first-order valence-corrected chi connectivity index (χ1v) is 17.3. The van der Waals surface area contributed by atoms with Crippen LogP contribution in [0.25, 0.3) is 11.1 Å². The molecule has 0 radical (unpaired) electrons. The van der Waals surface area contributed by atoms with Crippen LogP contribution in [0.15, 0.2) is 49.8 Å². The first-order valence-electron chi connectivity index (χ1n) is 14.8. The molecule has 0 unspecified atom stereocenters. The number of nitriles is 1. The highest BCUT2D eigenvalue weighted by Crippen LogP contribution is 2.39. The summed E-state index contributed by atoms with van der Waals surface area (Å²) in [6.45, 7) is 9.40. The largest absolute Gasteiger partial charge is 0.496 e. The summed E-state index contributed by atoms with van der Waals surface area (Å²) >= 11 is 6.54. The molecule has 4 aromatic rings.